The molecule has 31 heavy (non-hydrogen) atoms. The lowest BCUT2D eigenvalue weighted by Crippen LogP contribution is -2.39. The molecule has 0 aliphatic heterocycles. The number of ether oxygens (including phenoxy) is 1. The molecule has 0 spiro atoms. The Morgan fingerprint density at radius 3 is 2.55 bits per heavy atom. The van der Waals surface area contributed by atoms with Crippen molar-refractivity contribution in [2.45, 2.75) is 25.3 Å². The van der Waals surface area contributed by atoms with Crippen molar-refractivity contribution in [3.63, 3.8) is 0 Å². The van der Waals surface area contributed by atoms with Crippen LogP contribution in [0.1, 0.15) is 35.6 Å². The summed E-state index contributed by atoms with van der Waals surface area (Å²) in [6.07, 6.45) is 7.26. The smallest absolute Gasteiger partial charge is 0.322 e. The first-order chi connectivity index (χ1) is 15.2. The zero-order chi connectivity index (χ0) is 21.5. The van der Waals surface area contributed by atoms with E-state index in [4.69, 9.17) is 4.74 Å². The van der Waals surface area contributed by atoms with Gasteiger partial charge in [0, 0.05) is 12.2 Å². The fourth-order valence-corrected chi connectivity index (χ4v) is 4.14. The maximum atomic E-state index is 13.4. The van der Waals surface area contributed by atoms with Crippen molar-refractivity contribution in [3.05, 3.63) is 102 Å². The van der Waals surface area contributed by atoms with Gasteiger partial charge in [-0.1, -0.05) is 66.7 Å². The van der Waals surface area contributed by atoms with Gasteiger partial charge in [0.2, 0.25) is 0 Å². The van der Waals surface area contributed by atoms with E-state index in [-0.39, 0.29) is 12.1 Å². The minimum Gasteiger partial charge on any atom is -0.497 e. The highest BCUT2D eigenvalue weighted by Gasteiger charge is 2.28. The van der Waals surface area contributed by atoms with Crippen LogP contribution in [0.2, 0.25) is 0 Å². The molecule has 3 aromatic rings. The van der Waals surface area contributed by atoms with E-state index >= 15 is 0 Å². The number of nitrogens with one attached hydrogen (secondary N) is 1. The van der Waals surface area contributed by atoms with Crippen LogP contribution in [-0.4, -0.2) is 24.6 Å². The average Bonchev–Trinajstić information content (AvgIpc) is 2.83. The number of hydrogen-bond acceptors (Lipinski definition) is 2. The SMILES string of the molecule is COc1ccc(NC(=O)N(C/C=C/c2ccccc2)[C@H]2CCCc3ccccc32)cc1. The highest BCUT2D eigenvalue weighted by molar-refractivity contribution is 5.90. The van der Waals surface area contributed by atoms with E-state index in [1.807, 2.05) is 47.4 Å². The first-order valence-electron chi connectivity index (χ1n) is 10.8. The Bertz CT molecular complexity index is 1030. The van der Waals surface area contributed by atoms with Crippen molar-refractivity contribution < 1.29 is 9.53 Å². The van der Waals surface area contributed by atoms with Crippen molar-refractivity contribution in [2.75, 3.05) is 19.0 Å². The Hall–Kier alpha value is -3.53. The second-order valence-electron chi connectivity index (χ2n) is 7.73. The van der Waals surface area contributed by atoms with E-state index in [0.29, 0.717) is 6.54 Å². The number of hydrogen-bond donors (Lipinski definition) is 1. The van der Waals surface area contributed by atoms with Crippen LogP contribution in [0.25, 0.3) is 6.08 Å². The summed E-state index contributed by atoms with van der Waals surface area (Å²) in [6, 6.07) is 26.1. The normalized spacial score (nSPS) is 15.3. The average molecular weight is 413 g/mol. The summed E-state index contributed by atoms with van der Waals surface area (Å²) in [5.74, 6) is 0.766. The molecule has 1 atom stereocenters. The highest BCUT2D eigenvalue weighted by atomic mass is 16.5. The molecule has 0 radical (unpaired) electrons. The molecule has 1 aliphatic carbocycles. The van der Waals surface area contributed by atoms with Gasteiger partial charge in [-0.2, -0.15) is 0 Å². The molecular weight excluding hydrogens is 384 g/mol. The molecule has 4 rings (SSSR count). The van der Waals surface area contributed by atoms with Gasteiger partial charge in [-0.3, -0.25) is 0 Å². The van der Waals surface area contributed by atoms with Gasteiger partial charge in [-0.25, -0.2) is 4.79 Å². The topological polar surface area (TPSA) is 41.6 Å². The molecule has 1 N–H and O–H groups in total. The number of carbonyl (C=O) groups excluding carboxylic acids is 1. The molecule has 4 nitrogen and oxygen atoms in total. The number of methoxy groups -OCH3 is 1. The lowest BCUT2D eigenvalue weighted by Gasteiger charge is -2.35. The standard InChI is InChI=1S/C27H28N2O2/c1-31-24-18-16-23(17-19-24)28-27(30)29(20-8-11-21-9-3-2-4-10-21)26-15-7-13-22-12-5-6-14-25(22)26/h2-6,8-12,14,16-19,26H,7,13,15,20H2,1H3,(H,28,30)/b11-8+/t26-/m0/s1. The summed E-state index contributed by atoms with van der Waals surface area (Å²) < 4.78 is 5.22. The zero-order valence-electron chi connectivity index (χ0n) is 17.8. The van der Waals surface area contributed by atoms with Crippen LogP contribution in [-0.2, 0) is 6.42 Å². The Morgan fingerprint density at radius 2 is 1.77 bits per heavy atom. The van der Waals surface area contributed by atoms with Crippen LogP contribution in [0.5, 0.6) is 5.75 Å². The molecule has 0 fully saturated rings. The molecule has 0 bridgehead atoms. The Labute approximate surface area is 184 Å². The summed E-state index contributed by atoms with van der Waals surface area (Å²) in [7, 11) is 1.63. The van der Waals surface area contributed by atoms with Gasteiger partial charge in [0.1, 0.15) is 5.75 Å². The number of benzene rings is 3. The third-order valence-electron chi connectivity index (χ3n) is 5.73. The van der Waals surface area contributed by atoms with E-state index in [2.05, 4.69) is 53.9 Å². The van der Waals surface area contributed by atoms with E-state index in [0.717, 1.165) is 36.3 Å². The van der Waals surface area contributed by atoms with E-state index in [1.165, 1.54) is 11.1 Å². The minimum atomic E-state index is -0.0930. The van der Waals surface area contributed by atoms with Gasteiger partial charge < -0.3 is 15.0 Å². The van der Waals surface area contributed by atoms with Crippen LogP contribution in [0, 0.1) is 0 Å². The van der Waals surface area contributed by atoms with Crippen molar-refractivity contribution in [2.24, 2.45) is 0 Å². The van der Waals surface area contributed by atoms with Gasteiger partial charge in [-0.15, -0.1) is 0 Å². The fraction of sp³-hybridized carbons (Fsp3) is 0.222. The Kier molecular flexibility index (Phi) is 6.68. The first-order valence-corrected chi connectivity index (χ1v) is 10.8. The van der Waals surface area contributed by atoms with Crippen molar-refractivity contribution in [1.29, 1.82) is 0 Å². The quantitative estimate of drug-likeness (QED) is 0.515. The predicted octanol–water partition coefficient (Wildman–Crippen LogP) is 6.32. The third kappa shape index (κ3) is 5.15. The number of carbonyl (C=O) groups is 1. The molecule has 0 unspecified atom stereocenters. The zero-order valence-corrected chi connectivity index (χ0v) is 17.8. The summed E-state index contributed by atoms with van der Waals surface area (Å²) in [6.45, 7) is 0.538. The number of urea groups is 1. The summed E-state index contributed by atoms with van der Waals surface area (Å²) in [5.41, 5.74) is 4.48. The van der Waals surface area contributed by atoms with Crippen molar-refractivity contribution in [1.82, 2.24) is 4.90 Å². The van der Waals surface area contributed by atoms with E-state index < -0.39 is 0 Å². The molecule has 0 saturated heterocycles. The molecule has 4 heteroatoms. The molecule has 0 aromatic heterocycles. The molecular formula is C27H28N2O2. The van der Waals surface area contributed by atoms with Gasteiger partial charge in [-0.05, 0) is 60.2 Å². The number of rotatable bonds is 6. The number of amides is 2. The number of aryl methyl sites for hydroxylation is 1. The Balaban J connectivity index is 1.57. The number of anilines is 1. The highest BCUT2D eigenvalue weighted by Crippen LogP contribution is 2.34. The Morgan fingerprint density at radius 1 is 1.03 bits per heavy atom. The third-order valence-corrected chi connectivity index (χ3v) is 5.73. The second kappa shape index (κ2) is 9.98. The van der Waals surface area contributed by atoms with Gasteiger partial charge in [0.05, 0.1) is 13.2 Å². The van der Waals surface area contributed by atoms with Crippen LogP contribution < -0.4 is 10.1 Å². The van der Waals surface area contributed by atoms with Crippen molar-refractivity contribution in [3.8, 4) is 5.75 Å². The predicted molar refractivity (Wildman–Crippen MR) is 126 cm³/mol. The number of fused-ring (bicyclic) bond motifs is 1. The van der Waals surface area contributed by atoms with E-state index in [9.17, 15) is 4.79 Å². The molecule has 3 aromatic carbocycles. The van der Waals surface area contributed by atoms with Gasteiger partial charge >= 0.3 is 6.03 Å². The minimum absolute atomic E-state index is 0.0589. The summed E-state index contributed by atoms with van der Waals surface area (Å²) in [4.78, 5) is 15.3. The van der Waals surface area contributed by atoms with Crippen LogP contribution in [0.4, 0.5) is 10.5 Å². The maximum Gasteiger partial charge on any atom is 0.322 e. The van der Waals surface area contributed by atoms with Crippen LogP contribution in [0.3, 0.4) is 0 Å². The molecule has 2 amide bonds. The lowest BCUT2D eigenvalue weighted by molar-refractivity contribution is 0.188. The van der Waals surface area contributed by atoms with Gasteiger partial charge in [0.15, 0.2) is 0 Å². The molecule has 158 valence electrons. The molecule has 1 aliphatic rings. The largest absolute Gasteiger partial charge is 0.497 e. The lowest BCUT2D eigenvalue weighted by atomic mass is 9.87. The van der Waals surface area contributed by atoms with Crippen LogP contribution in [0.15, 0.2) is 84.9 Å². The first kappa shape index (κ1) is 20.7. The van der Waals surface area contributed by atoms with E-state index in [1.54, 1.807) is 7.11 Å². The maximum absolute atomic E-state index is 13.4. The molecule has 0 saturated carbocycles. The number of nitrogens with zero attached hydrogens (tertiary/aromatic N) is 1. The molecule has 0 heterocycles. The fourth-order valence-electron chi connectivity index (χ4n) is 4.14. The second-order valence-corrected chi connectivity index (χ2v) is 7.73. The van der Waals surface area contributed by atoms with Gasteiger partial charge in [0.25, 0.3) is 0 Å². The van der Waals surface area contributed by atoms with Crippen molar-refractivity contribution >= 4 is 17.8 Å². The van der Waals surface area contributed by atoms with Crippen LogP contribution >= 0.6 is 0 Å². The summed E-state index contributed by atoms with van der Waals surface area (Å²) >= 11 is 0. The monoisotopic (exact) mass is 412 g/mol. The summed E-state index contributed by atoms with van der Waals surface area (Å²) in [5, 5.41) is 3.07.